The molecule has 4 rings (SSSR count). The molecule has 140 valence electrons. The molecule has 1 unspecified atom stereocenters. The van der Waals surface area contributed by atoms with E-state index in [9.17, 15) is 4.79 Å². The Morgan fingerprint density at radius 1 is 1.27 bits per heavy atom. The molecule has 3 fully saturated rings. The Morgan fingerprint density at radius 3 is 2.96 bits per heavy atom. The summed E-state index contributed by atoms with van der Waals surface area (Å²) in [6, 6.07) is 8.28. The van der Waals surface area contributed by atoms with Gasteiger partial charge >= 0.3 is 0 Å². The van der Waals surface area contributed by atoms with Crippen molar-refractivity contribution in [3.63, 3.8) is 0 Å². The van der Waals surface area contributed by atoms with Gasteiger partial charge in [0.25, 0.3) is 0 Å². The van der Waals surface area contributed by atoms with E-state index < -0.39 is 0 Å². The lowest BCUT2D eigenvalue weighted by molar-refractivity contribution is -0.145. The Kier molecular flexibility index (Phi) is 5.03. The van der Waals surface area contributed by atoms with Gasteiger partial charge in [-0.25, -0.2) is 0 Å². The monoisotopic (exact) mass is 354 g/mol. The van der Waals surface area contributed by atoms with Crippen LogP contribution in [-0.4, -0.2) is 48.5 Å². The van der Waals surface area contributed by atoms with Crippen molar-refractivity contribution in [1.82, 2.24) is 9.80 Å². The Hall–Kier alpha value is -1.81. The quantitative estimate of drug-likeness (QED) is 0.703. The van der Waals surface area contributed by atoms with Gasteiger partial charge in [-0.2, -0.15) is 0 Å². The second-order valence-corrected chi connectivity index (χ2v) is 8.29. The van der Waals surface area contributed by atoms with Gasteiger partial charge in [0.2, 0.25) is 5.91 Å². The first-order valence-electron chi connectivity index (χ1n) is 10.0. The molecule has 1 spiro atoms. The molecule has 1 aromatic rings. The molecule has 0 radical (unpaired) electrons. The number of carbonyl (C=O) groups is 1. The van der Waals surface area contributed by atoms with E-state index in [1.54, 1.807) is 6.08 Å². The first kappa shape index (κ1) is 17.6. The fourth-order valence-electron chi connectivity index (χ4n) is 4.56. The fourth-order valence-corrected chi connectivity index (χ4v) is 4.56. The number of hydrogen-bond acceptors (Lipinski definition) is 3. The molecule has 2 heterocycles. The molecule has 1 aromatic carbocycles. The third-order valence-electron chi connectivity index (χ3n) is 6.11. The summed E-state index contributed by atoms with van der Waals surface area (Å²) in [7, 11) is 0. The molecule has 1 atom stereocenters. The van der Waals surface area contributed by atoms with Gasteiger partial charge in [0.05, 0.1) is 5.41 Å². The van der Waals surface area contributed by atoms with E-state index in [0.717, 1.165) is 63.7 Å². The maximum atomic E-state index is 13.2. The average Bonchev–Trinajstić information content (AvgIpc) is 3.38. The molecule has 3 aliphatic rings. The maximum absolute atomic E-state index is 13.2. The van der Waals surface area contributed by atoms with Crippen molar-refractivity contribution in [1.29, 1.82) is 0 Å². The van der Waals surface area contributed by atoms with E-state index >= 15 is 0 Å². The van der Waals surface area contributed by atoms with Gasteiger partial charge in [-0.05, 0) is 62.3 Å². The second-order valence-electron chi connectivity index (χ2n) is 8.29. The van der Waals surface area contributed by atoms with Crippen LogP contribution < -0.4 is 4.74 Å². The van der Waals surface area contributed by atoms with Crippen LogP contribution in [0.3, 0.4) is 0 Å². The zero-order valence-electron chi connectivity index (χ0n) is 15.7. The third kappa shape index (κ3) is 3.80. The van der Waals surface area contributed by atoms with Crippen molar-refractivity contribution < 1.29 is 9.53 Å². The summed E-state index contributed by atoms with van der Waals surface area (Å²) in [6.07, 6.45) is 7.63. The summed E-state index contributed by atoms with van der Waals surface area (Å²) in [5.41, 5.74) is 1.13. The van der Waals surface area contributed by atoms with Gasteiger partial charge in [-0.3, -0.25) is 9.69 Å². The number of hydrogen-bond donors (Lipinski definition) is 0. The van der Waals surface area contributed by atoms with E-state index in [1.165, 1.54) is 18.4 Å². The van der Waals surface area contributed by atoms with Crippen molar-refractivity contribution in [2.75, 3.05) is 32.8 Å². The largest absolute Gasteiger partial charge is 0.490 e. The molecular formula is C22H30N2O2. The number of ether oxygens (including phenoxy) is 1. The summed E-state index contributed by atoms with van der Waals surface area (Å²) in [4.78, 5) is 17.8. The predicted octanol–water partition coefficient (Wildman–Crippen LogP) is 3.48. The zero-order chi connectivity index (χ0) is 18.0. The molecule has 1 saturated carbocycles. The van der Waals surface area contributed by atoms with Crippen molar-refractivity contribution in [2.24, 2.45) is 11.3 Å². The van der Waals surface area contributed by atoms with Crippen LogP contribution in [0.4, 0.5) is 0 Å². The number of nitrogens with zero attached hydrogens (tertiary/aromatic N) is 2. The minimum absolute atomic E-state index is 0.121. The summed E-state index contributed by atoms with van der Waals surface area (Å²) in [5, 5.41) is 0. The lowest BCUT2D eigenvalue weighted by atomic mass is 9.78. The zero-order valence-corrected chi connectivity index (χ0v) is 15.7. The van der Waals surface area contributed by atoms with Crippen molar-refractivity contribution in [3.05, 3.63) is 42.5 Å². The normalized spacial score (nSPS) is 26.5. The molecule has 0 bridgehead atoms. The number of benzene rings is 1. The van der Waals surface area contributed by atoms with Crippen LogP contribution >= 0.6 is 0 Å². The Balaban J connectivity index is 1.38. The SMILES string of the molecule is C=CCOc1cccc(CN2CCC3(CCCN(CC4CC4)C3=O)C2)c1. The highest BCUT2D eigenvalue weighted by Crippen LogP contribution is 2.42. The number of amides is 1. The van der Waals surface area contributed by atoms with Gasteiger partial charge < -0.3 is 9.64 Å². The maximum Gasteiger partial charge on any atom is 0.230 e. The first-order chi connectivity index (χ1) is 12.7. The number of carbonyl (C=O) groups excluding carboxylic acids is 1. The van der Waals surface area contributed by atoms with Crippen molar-refractivity contribution in [2.45, 2.75) is 38.6 Å². The van der Waals surface area contributed by atoms with Crippen LogP contribution in [0.25, 0.3) is 0 Å². The Morgan fingerprint density at radius 2 is 2.15 bits per heavy atom. The van der Waals surface area contributed by atoms with E-state index in [2.05, 4.69) is 28.5 Å². The Labute approximate surface area is 156 Å². The average molecular weight is 354 g/mol. The first-order valence-corrected chi connectivity index (χ1v) is 10.0. The minimum atomic E-state index is -0.121. The van der Waals surface area contributed by atoms with E-state index in [0.29, 0.717) is 12.5 Å². The van der Waals surface area contributed by atoms with Gasteiger partial charge in [0.15, 0.2) is 0 Å². The highest BCUT2D eigenvalue weighted by atomic mass is 16.5. The molecule has 0 aromatic heterocycles. The van der Waals surface area contributed by atoms with E-state index in [4.69, 9.17) is 4.74 Å². The standard InChI is InChI=1S/C22H30N2O2/c1-2-13-26-20-6-3-5-19(14-20)15-23-12-10-22(17-23)9-4-11-24(21(22)25)16-18-7-8-18/h2-3,5-6,14,18H,1,4,7-13,15-17H2. The number of piperidine rings is 1. The third-order valence-corrected chi connectivity index (χ3v) is 6.11. The second kappa shape index (κ2) is 7.43. The van der Waals surface area contributed by atoms with Crippen molar-refractivity contribution in [3.8, 4) is 5.75 Å². The number of rotatable bonds is 7. The smallest absolute Gasteiger partial charge is 0.230 e. The predicted molar refractivity (Wildman–Crippen MR) is 103 cm³/mol. The molecule has 4 nitrogen and oxygen atoms in total. The molecule has 4 heteroatoms. The molecule has 1 amide bonds. The fraction of sp³-hybridized carbons (Fsp3) is 0.591. The summed E-state index contributed by atoms with van der Waals surface area (Å²) in [6.45, 7) is 9.01. The molecule has 0 N–H and O–H groups in total. The topological polar surface area (TPSA) is 32.8 Å². The summed E-state index contributed by atoms with van der Waals surface area (Å²) in [5.74, 6) is 2.10. The van der Waals surface area contributed by atoms with Crippen LogP contribution in [0.2, 0.25) is 0 Å². The van der Waals surface area contributed by atoms with E-state index in [-0.39, 0.29) is 5.41 Å². The van der Waals surface area contributed by atoms with Crippen LogP contribution in [0, 0.1) is 11.3 Å². The van der Waals surface area contributed by atoms with Gasteiger partial charge in [0, 0.05) is 26.2 Å². The van der Waals surface area contributed by atoms with Crippen LogP contribution in [0.1, 0.15) is 37.7 Å². The molecule has 1 aliphatic carbocycles. The van der Waals surface area contributed by atoms with Crippen molar-refractivity contribution >= 4 is 5.91 Å². The Bertz CT molecular complexity index is 670. The summed E-state index contributed by atoms with van der Waals surface area (Å²) < 4.78 is 5.65. The molecule has 2 saturated heterocycles. The lowest BCUT2D eigenvalue weighted by Crippen LogP contribution is -2.50. The minimum Gasteiger partial charge on any atom is -0.490 e. The van der Waals surface area contributed by atoms with Crippen LogP contribution in [0.15, 0.2) is 36.9 Å². The van der Waals surface area contributed by atoms with Crippen LogP contribution in [-0.2, 0) is 11.3 Å². The van der Waals surface area contributed by atoms with Gasteiger partial charge in [-0.15, -0.1) is 0 Å². The molecule has 26 heavy (non-hydrogen) atoms. The van der Waals surface area contributed by atoms with E-state index in [1.807, 2.05) is 12.1 Å². The lowest BCUT2D eigenvalue weighted by Gasteiger charge is -2.39. The number of likely N-dealkylation sites (tertiary alicyclic amines) is 2. The van der Waals surface area contributed by atoms with Crippen LogP contribution in [0.5, 0.6) is 5.75 Å². The highest BCUT2D eigenvalue weighted by Gasteiger charge is 2.48. The highest BCUT2D eigenvalue weighted by molar-refractivity contribution is 5.84. The molecular weight excluding hydrogens is 324 g/mol. The molecule has 2 aliphatic heterocycles. The van der Waals surface area contributed by atoms with Gasteiger partial charge in [-0.1, -0.05) is 24.8 Å². The summed E-state index contributed by atoms with van der Waals surface area (Å²) >= 11 is 0. The van der Waals surface area contributed by atoms with Gasteiger partial charge in [0.1, 0.15) is 12.4 Å².